The van der Waals surface area contributed by atoms with Crippen LogP contribution >= 0.6 is 11.3 Å². The fourth-order valence-corrected chi connectivity index (χ4v) is 2.38. The van der Waals surface area contributed by atoms with Gasteiger partial charge in [0, 0.05) is 11.4 Å². The average Bonchev–Trinajstić information content (AvgIpc) is 2.29. The van der Waals surface area contributed by atoms with Crippen LogP contribution in [0.25, 0.3) is 10.1 Å². The smallest absolute Gasteiger partial charge is 0.189 e. The maximum Gasteiger partial charge on any atom is 0.189 e. The summed E-state index contributed by atoms with van der Waals surface area (Å²) in [5.74, 6) is 0. The Balaban J connectivity index is 3.09. The van der Waals surface area contributed by atoms with E-state index in [1.807, 2.05) is 19.2 Å². The highest BCUT2D eigenvalue weighted by atomic mass is 32.1. The molecule has 2 aromatic rings. The zero-order valence-corrected chi connectivity index (χ0v) is 7.79. The van der Waals surface area contributed by atoms with Crippen molar-refractivity contribution in [3.05, 3.63) is 33.1 Å². The highest BCUT2D eigenvalue weighted by Crippen LogP contribution is 2.21. The minimum atomic E-state index is 0.116. The molecule has 0 bridgehead atoms. The third-order valence-corrected chi connectivity index (χ3v) is 2.99. The second kappa shape index (κ2) is 2.45. The van der Waals surface area contributed by atoms with E-state index < -0.39 is 0 Å². The molecule has 0 amide bonds. The molecule has 2 aromatic heterocycles. The van der Waals surface area contributed by atoms with Crippen LogP contribution in [0.1, 0.15) is 11.4 Å². The molecule has 2 rings (SSSR count). The third kappa shape index (κ3) is 0.898. The number of aromatic amines is 1. The summed E-state index contributed by atoms with van der Waals surface area (Å²) in [4.78, 5) is 14.6. The van der Waals surface area contributed by atoms with E-state index in [0.717, 1.165) is 21.5 Å². The zero-order chi connectivity index (χ0) is 8.72. The summed E-state index contributed by atoms with van der Waals surface area (Å²) >= 11 is 1.61. The summed E-state index contributed by atoms with van der Waals surface area (Å²) in [7, 11) is 0. The lowest BCUT2D eigenvalue weighted by atomic mass is 10.3. The first-order valence-electron chi connectivity index (χ1n) is 3.77. The van der Waals surface area contributed by atoms with E-state index in [1.165, 1.54) is 0 Å². The molecular weight excluding hydrogens is 170 g/mol. The lowest BCUT2D eigenvalue weighted by molar-refractivity contribution is 1.20. The van der Waals surface area contributed by atoms with Crippen molar-refractivity contribution in [2.24, 2.45) is 0 Å². The maximum atomic E-state index is 11.4. The normalized spacial score (nSPS) is 10.8. The van der Waals surface area contributed by atoms with Crippen LogP contribution in [0.3, 0.4) is 0 Å². The van der Waals surface area contributed by atoms with Gasteiger partial charge in [0.15, 0.2) is 5.43 Å². The van der Waals surface area contributed by atoms with Crippen molar-refractivity contribution in [1.82, 2.24) is 4.98 Å². The molecule has 0 saturated heterocycles. The fraction of sp³-hybridized carbons (Fsp3) is 0.222. The van der Waals surface area contributed by atoms with E-state index in [1.54, 1.807) is 17.4 Å². The van der Waals surface area contributed by atoms with Crippen LogP contribution in [0.4, 0.5) is 0 Å². The van der Waals surface area contributed by atoms with Gasteiger partial charge in [-0.2, -0.15) is 0 Å². The molecule has 0 radical (unpaired) electrons. The van der Waals surface area contributed by atoms with E-state index in [-0.39, 0.29) is 5.43 Å². The van der Waals surface area contributed by atoms with Gasteiger partial charge in [-0.15, -0.1) is 11.3 Å². The number of aryl methyl sites for hydroxylation is 2. The van der Waals surface area contributed by atoms with Crippen LogP contribution in [0.15, 0.2) is 16.2 Å². The molecule has 0 aliphatic heterocycles. The Morgan fingerprint density at radius 1 is 1.33 bits per heavy atom. The topological polar surface area (TPSA) is 32.9 Å². The number of fused-ring (bicyclic) bond motifs is 1. The van der Waals surface area contributed by atoms with Gasteiger partial charge in [-0.25, -0.2) is 0 Å². The van der Waals surface area contributed by atoms with Gasteiger partial charge in [0.2, 0.25) is 0 Å². The first kappa shape index (κ1) is 7.55. The molecule has 0 saturated carbocycles. The van der Waals surface area contributed by atoms with Gasteiger partial charge in [0.25, 0.3) is 0 Å². The second-order valence-electron chi connectivity index (χ2n) is 2.86. The van der Waals surface area contributed by atoms with E-state index in [4.69, 9.17) is 0 Å². The molecule has 0 aliphatic carbocycles. The van der Waals surface area contributed by atoms with Crippen LogP contribution in [0.5, 0.6) is 0 Å². The molecule has 62 valence electrons. The van der Waals surface area contributed by atoms with Crippen molar-refractivity contribution in [2.45, 2.75) is 13.8 Å². The van der Waals surface area contributed by atoms with Crippen molar-refractivity contribution in [3.8, 4) is 0 Å². The Bertz CT molecular complexity index is 481. The quantitative estimate of drug-likeness (QED) is 0.660. The van der Waals surface area contributed by atoms with Crippen molar-refractivity contribution in [1.29, 1.82) is 0 Å². The molecule has 0 atom stereocenters. The van der Waals surface area contributed by atoms with Gasteiger partial charge < -0.3 is 4.98 Å². The number of rotatable bonds is 0. The highest BCUT2D eigenvalue weighted by Gasteiger charge is 2.06. The minimum absolute atomic E-state index is 0.116. The summed E-state index contributed by atoms with van der Waals surface area (Å²) in [6.45, 7) is 3.93. The minimum Gasteiger partial charge on any atom is -0.361 e. The SMILES string of the molecule is Cc1[nH]c(C)c2c(=O)ccsc12. The molecule has 2 heterocycles. The molecular formula is C9H9NOS. The summed E-state index contributed by atoms with van der Waals surface area (Å²) in [6, 6.07) is 1.62. The highest BCUT2D eigenvalue weighted by molar-refractivity contribution is 7.16. The second-order valence-corrected chi connectivity index (χ2v) is 3.78. The van der Waals surface area contributed by atoms with Crippen molar-refractivity contribution in [3.63, 3.8) is 0 Å². The summed E-state index contributed by atoms with van der Waals surface area (Å²) in [5.41, 5.74) is 2.18. The van der Waals surface area contributed by atoms with Crippen molar-refractivity contribution < 1.29 is 0 Å². The Kier molecular flexibility index (Phi) is 1.54. The van der Waals surface area contributed by atoms with Gasteiger partial charge in [-0.1, -0.05) is 0 Å². The molecule has 2 nitrogen and oxygen atoms in total. The number of hydrogen-bond donors (Lipinski definition) is 1. The lowest BCUT2D eigenvalue weighted by Gasteiger charge is -1.86. The Labute approximate surface area is 73.9 Å². The average molecular weight is 179 g/mol. The Morgan fingerprint density at radius 2 is 2.08 bits per heavy atom. The number of H-pyrrole nitrogens is 1. The molecule has 0 aromatic carbocycles. The number of nitrogens with one attached hydrogen (secondary N) is 1. The molecule has 0 fully saturated rings. The van der Waals surface area contributed by atoms with Crippen LogP contribution in [-0.4, -0.2) is 4.98 Å². The predicted molar refractivity (Wildman–Crippen MR) is 51.9 cm³/mol. The zero-order valence-electron chi connectivity index (χ0n) is 6.97. The van der Waals surface area contributed by atoms with E-state index in [2.05, 4.69) is 4.98 Å². The van der Waals surface area contributed by atoms with Crippen LogP contribution < -0.4 is 5.43 Å². The molecule has 1 N–H and O–H groups in total. The van der Waals surface area contributed by atoms with Gasteiger partial charge in [0.05, 0.1) is 10.1 Å². The van der Waals surface area contributed by atoms with Crippen molar-refractivity contribution in [2.75, 3.05) is 0 Å². The van der Waals surface area contributed by atoms with Gasteiger partial charge >= 0.3 is 0 Å². The molecule has 0 unspecified atom stereocenters. The largest absolute Gasteiger partial charge is 0.361 e. The maximum absolute atomic E-state index is 11.4. The summed E-state index contributed by atoms with van der Waals surface area (Å²) < 4.78 is 1.08. The van der Waals surface area contributed by atoms with Crippen molar-refractivity contribution >= 4 is 21.4 Å². The molecule has 3 heteroatoms. The van der Waals surface area contributed by atoms with E-state index in [9.17, 15) is 4.79 Å². The number of hydrogen-bond acceptors (Lipinski definition) is 2. The fourth-order valence-electron chi connectivity index (χ4n) is 1.45. The first-order valence-corrected chi connectivity index (χ1v) is 4.65. The first-order chi connectivity index (χ1) is 5.70. The summed E-state index contributed by atoms with van der Waals surface area (Å²) in [5, 5.41) is 2.69. The van der Waals surface area contributed by atoms with E-state index >= 15 is 0 Å². The summed E-state index contributed by atoms with van der Waals surface area (Å²) in [6.07, 6.45) is 0. The van der Waals surface area contributed by atoms with Gasteiger partial charge in [-0.3, -0.25) is 4.79 Å². The predicted octanol–water partition coefficient (Wildman–Crippen LogP) is 2.21. The third-order valence-electron chi connectivity index (χ3n) is 1.97. The lowest BCUT2D eigenvalue weighted by Crippen LogP contribution is -1.96. The Hall–Kier alpha value is -1.09. The Morgan fingerprint density at radius 3 is 2.75 bits per heavy atom. The van der Waals surface area contributed by atoms with Crippen LogP contribution in [0.2, 0.25) is 0 Å². The molecule has 12 heavy (non-hydrogen) atoms. The molecule has 0 spiro atoms. The van der Waals surface area contributed by atoms with Gasteiger partial charge in [0.1, 0.15) is 0 Å². The standard InChI is InChI=1S/C9H9NOS/c1-5-8-7(11)3-4-12-9(8)6(2)10-5/h3-4,10H,1-2H3. The molecule has 0 aliphatic rings. The van der Waals surface area contributed by atoms with E-state index in [0.29, 0.717) is 0 Å². The van der Waals surface area contributed by atoms with Gasteiger partial charge in [-0.05, 0) is 25.3 Å². The number of aromatic nitrogens is 1. The van der Waals surface area contributed by atoms with Crippen LogP contribution in [0, 0.1) is 13.8 Å². The van der Waals surface area contributed by atoms with Crippen LogP contribution in [-0.2, 0) is 0 Å². The monoisotopic (exact) mass is 179 g/mol.